The lowest BCUT2D eigenvalue weighted by Gasteiger charge is -2.09. The molecule has 4 heteroatoms. The second-order valence-corrected chi connectivity index (χ2v) is 3.62. The number of alkyl halides is 2. The van der Waals surface area contributed by atoms with Gasteiger partial charge in [0.2, 0.25) is 0 Å². The van der Waals surface area contributed by atoms with Crippen LogP contribution in [-0.4, -0.2) is 18.0 Å². The van der Waals surface area contributed by atoms with E-state index in [0.29, 0.717) is 5.82 Å². The van der Waals surface area contributed by atoms with Gasteiger partial charge in [-0.25, -0.2) is 13.8 Å². The summed E-state index contributed by atoms with van der Waals surface area (Å²) in [6.45, 7) is 1.49. The van der Waals surface area contributed by atoms with E-state index in [9.17, 15) is 8.78 Å². The van der Waals surface area contributed by atoms with Crippen molar-refractivity contribution in [2.75, 3.05) is 11.9 Å². The first kappa shape index (κ1) is 10.8. The Morgan fingerprint density at radius 3 is 2.81 bits per heavy atom. The monoisotopic (exact) mass is 222 g/mol. The molecule has 0 atom stereocenters. The number of anilines is 1. The molecule has 0 unspecified atom stereocenters. The van der Waals surface area contributed by atoms with Crippen LogP contribution < -0.4 is 5.32 Å². The van der Waals surface area contributed by atoms with Crippen LogP contribution in [0.4, 0.5) is 14.6 Å². The van der Waals surface area contributed by atoms with Gasteiger partial charge in [0.05, 0.1) is 12.1 Å². The number of nitrogens with one attached hydrogen (secondary N) is 1. The van der Waals surface area contributed by atoms with Crippen LogP contribution in [-0.2, 0) is 0 Å². The smallest absolute Gasteiger partial charge is 0.255 e. The minimum Gasteiger partial charge on any atom is -0.364 e. The fourth-order valence-corrected chi connectivity index (χ4v) is 1.57. The average molecular weight is 222 g/mol. The number of hydrogen-bond donors (Lipinski definition) is 1. The van der Waals surface area contributed by atoms with Crippen molar-refractivity contribution in [3.05, 3.63) is 35.9 Å². The standard InChI is InChI=1S/C12H12F2N2/c1-8-6-9-4-2-3-5-10(9)16-12(8)15-7-11(13)14/h2-6,11H,7H2,1H3,(H,15,16). The van der Waals surface area contributed by atoms with Gasteiger partial charge < -0.3 is 5.32 Å². The molecule has 0 saturated heterocycles. The van der Waals surface area contributed by atoms with Crippen LogP contribution in [0.2, 0.25) is 0 Å². The Balaban J connectivity index is 2.34. The Morgan fingerprint density at radius 2 is 2.06 bits per heavy atom. The molecule has 0 spiro atoms. The first-order valence-electron chi connectivity index (χ1n) is 5.05. The fourth-order valence-electron chi connectivity index (χ4n) is 1.57. The van der Waals surface area contributed by atoms with Crippen molar-refractivity contribution in [1.82, 2.24) is 4.98 Å². The van der Waals surface area contributed by atoms with Gasteiger partial charge in [0.15, 0.2) is 0 Å². The van der Waals surface area contributed by atoms with Crippen molar-refractivity contribution >= 4 is 16.7 Å². The molecule has 0 aliphatic carbocycles. The molecule has 2 rings (SSSR count). The summed E-state index contributed by atoms with van der Waals surface area (Å²) in [5.41, 5.74) is 1.68. The second-order valence-electron chi connectivity index (χ2n) is 3.62. The number of fused-ring (bicyclic) bond motifs is 1. The molecule has 1 heterocycles. The Hall–Kier alpha value is -1.71. The summed E-state index contributed by atoms with van der Waals surface area (Å²) in [5, 5.41) is 3.66. The van der Waals surface area contributed by atoms with Gasteiger partial charge in [-0.3, -0.25) is 0 Å². The van der Waals surface area contributed by atoms with Crippen molar-refractivity contribution in [2.24, 2.45) is 0 Å². The third-order valence-corrected chi connectivity index (χ3v) is 2.34. The molecule has 0 aliphatic heterocycles. The van der Waals surface area contributed by atoms with E-state index in [1.807, 2.05) is 37.3 Å². The highest BCUT2D eigenvalue weighted by Crippen LogP contribution is 2.19. The van der Waals surface area contributed by atoms with E-state index >= 15 is 0 Å². The van der Waals surface area contributed by atoms with Crippen molar-refractivity contribution in [1.29, 1.82) is 0 Å². The van der Waals surface area contributed by atoms with Crippen LogP contribution in [0.3, 0.4) is 0 Å². The summed E-state index contributed by atoms with van der Waals surface area (Å²) in [6.07, 6.45) is -2.37. The minimum atomic E-state index is -2.37. The zero-order valence-electron chi connectivity index (χ0n) is 8.87. The van der Waals surface area contributed by atoms with Crippen molar-refractivity contribution in [3.63, 3.8) is 0 Å². The molecule has 1 aromatic heterocycles. The molecular weight excluding hydrogens is 210 g/mol. The average Bonchev–Trinajstić information content (AvgIpc) is 2.26. The molecule has 2 aromatic rings. The van der Waals surface area contributed by atoms with Gasteiger partial charge in [-0.05, 0) is 24.6 Å². The zero-order chi connectivity index (χ0) is 11.5. The molecule has 0 radical (unpaired) electrons. The second kappa shape index (κ2) is 4.43. The number of benzene rings is 1. The van der Waals surface area contributed by atoms with E-state index in [0.717, 1.165) is 16.5 Å². The van der Waals surface area contributed by atoms with Crippen LogP contribution in [0.1, 0.15) is 5.56 Å². The SMILES string of the molecule is Cc1cc2ccccc2nc1NCC(F)F. The molecule has 1 N–H and O–H groups in total. The summed E-state index contributed by atoms with van der Waals surface area (Å²) >= 11 is 0. The lowest BCUT2D eigenvalue weighted by Crippen LogP contribution is -2.12. The summed E-state index contributed by atoms with van der Waals surface area (Å²) in [5.74, 6) is 0.527. The van der Waals surface area contributed by atoms with E-state index in [1.54, 1.807) is 0 Å². The van der Waals surface area contributed by atoms with E-state index in [-0.39, 0.29) is 6.54 Å². The molecule has 0 amide bonds. The lowest BCUT2D eigenvalue weighted by atomic mass is 10.1. The predicted octanol–water partition coefficient (Wildman–Crippen LogP) is 3.22. The molecular formula is C12H12F2N2. The van der Waals surface area contributed by atoms with Gasteiger partial charge >= 0.3 is 0 Å². The van der Waals surface area contributed by atoms with E-state index in [1.165, 1.54) is 0 Å². The number of pyridine rings is 1. The first-order valence-corrected chi connectivity index (χ1v) is 5.05. The Morgan fingerprint density at radius 1 is 1.31 bits per heavy atom. The van der Waals surface area contributed by atoms with E-state index in [4.69, 9.17) is 0 Å². The van der Waals surface area contributed by atoms with E-state index in [2.05, 4.69) is 10.3 Å². The molecule has 0 saturated carbocycles. The molecule has 0 fully saturated rings. The summed E-state index contributed by atoms with van der Waals surface area (Å²) in [6, 6.07) is 9.56. The van der Waals surface area contributed by atoms with Crippen LogP contribution >= 0.6 is 0 Å². The quantitative estimate of drug-likeness (QED) is 0.862. The third-order valence-electron chi connectivity index (χ3n) is 2.34. The lowest BCUT2D eigenvalue weighted by molar-refractivity contribution is 0.163. The number of hydrogen-bond acceptors (Lipinski definition) is 2. The maximum atomic E-state index is 12.1. The number of aromatic nitrogens is 1. The summed E-state index contributed by atoms with van der Waals surface area (Å²) < 4.78 is 24.2. The van der Waals surface area contributed by atoms with Crippen molar-refractivity contribution in [3.8, 4) is 0 Å². The number of halogens is 2. The van der Waals surface area contributed by atoms with E-state index < -0.39 is 6.43 Å². The number of para-hydroxylation sites is 1. The highest BCUT2D eigenvalue weighted by Gasteiger charge is 2.06. The maximum Gasteiger partial charge on any atom is 0.255 e. The Bertz CT molecular complexity index is 497. The fraction of sp³-hybridized carbons (Fsp3) is 0.250. The largest absolute Gasteiger partial charge is 0.364 e. The van der Waals surface area contributed by atoms with Crippen molar-refractivity contribution < 1.29 is 8.78 Å². The molecule has 0 aliphatic rings. The van der Waals surface area contributed by atoms with Crippen LogP contribution in [0.5, 0.6) is 0 Å². The van der Waals surface area contributed by atoms with Gasteiger partial charge in [0.25, 0.3) is 6.43 Å². The molecule has 0 bridgehead atoms. The van der Waals surface area contributed by atoms with Crippen LogP contribution in [0, 0.1) is 6.92 Å². The zero-order valence-corrected chi connectivity index (χ0v) is 8.87. The molecule has 1 aromatic carbocycles. The summed E-state index contributed by atoms with van der Waals surface area (Å²) in [4.78, 5) is 4.30. The van der Waals surface area contributed by atoms with Gasteiger partial charge in [0.1, 0.15) is 5.82 Å². The van der Waals surface area contributed by atoms with Crippen LogP contribution in [0.25, 0.3) is 10.9 Å². The van der Waals surface area contributed by atoms with Gasteiger partial charge in [-0.1, -0.05) is 18.2 Å². The third kappa shape index (κ3) is 2.27. The van der Waals surface area contributed by atoms with Gasteiger partial charge in [-0.2, -0.15) is 0 Å². The highest BCUT2D eigenvalue weighted by molar-refractivity contribution is 5.81. The van der Waals surface area contributed by atoms with Crippen molar-refractivity contribution in [2.45, 2.75) is 13.3 Å². The molecule has 16 heavy (non-hydrogen) atoms. The molecule has 84 valence electrons. The highest BCUT2D eigenvalue weighted by atomic mass is 19.3. The summed E-state index contributed by atoms with van der Waals surface area (Å²) in [7, 11) is 0. The number of rotatable bonds is 3. The number of aryl methyl sites for hydroxylation is 1. The van der Waals surface area contributed by atoms with Gasteiger partial charge in [-0.15, -0.1) is 0 Å². The predicted molar refractivity (Wildman–Crippen MR) is 61.0 cm³/mol. The normalized spacial score (nSPS) is 11.0. The Labute approximate surface area is 92.3 Å². The van der Waals surface area contributed by atoms with Crippen LogP contribution in [0.15, 0.2) is 30.3 Å². The van der Waals surface area contributed by atoms with Gasteiger partial charge in [0, 0.05) is 5.39 Å². The maximum absolute atomic E-state index is 12.1. The number of nitrogens with zero attached hydrogens (tertiary/aromatic N) is 1. The molecule has 2 nitrogen and oxygen atoms in total. The minimum absolute atomic E-state index is 0.369. The topological polar surface area (TPSA) is 24.9 Å². The first-order chi connectivity index (χ1) is 7.66. The Kier molecular flexibility index (Phi) is 2.99.